The highest BCUT2D eigenvalue weighted by atomic mass is 35.5. The standard InChI is InChI=1S/C16H12ClN5S/c17-9-1-2-11-13(5-9)20-8-21-16(11)22-4-3-10-12(6-18)15(19)23-14(10)7-22/h1-2,5,8H,3-4,7,19H2. The number of hydrogen-bond acceptors (Lipinski definition) is 6. The Kier molecular flexibility index (Phi) is 3.33. The fraction of sp³-hybridized carbons (Fsp3) is 0.188. The van der Waals surface area contributed by atoms with Gasteiger partial charge in [0.15, 0.2) is 0 Å². The Labute approximate surface area is 141 Å². The molecule has 23 heavy (non-hydrogen) atoms. The molecule has 0 radical (unpaired) electrons. The number of rotatable bonds is 1. The number of benzene rings is 1. The molecule has 0 saturated carbocycles. The number of hydrogen-bond donors (Lipinski definition) is 1. The van der Waals surface area contributed by atoms with Crippen LogP contribution in [-0.2, 0) is 13.0 Å². The van der Waals surface area contributed by atoms with Crippen molar-refractivity contribution in [3.05, 3.63) is 45.6 Å². The molecular weight excluding hydrogens is 330 g/mol. The summed E-state index contributed by atoms with van der Waals surface area (Å²) in [5.74, 6) is 0.891. The molecular formula is C16H12ClN5S. The second-order valence-corrected chi connectivity index (χ2v) is 6.96. The van der Waals surface area contributed by atoms with Crippen LogP contribution in [0.3, 0.4) is 0 Å². The van der Waals surface area contributed by atoms with Crippen LogP contribution in [0.25, 0.3) is 10.9 Å². The number of anilines is 2. The van der Waals surface area contributed by atoms with E-state index in [9.17, 15) is 5.26 Å². The number of nitrogens with zero attached hydrogens (tertiary/aromatic N) is 4. The number of nitrogen functional groups attached to an aromatic ring is 1. The van der Waals surface area contributed by atoms with Crippen LogP contribution in [0.15, 0.2) is 24.5 Å². The van der Waals surface area contributed by atoms with Crippen molar-refractivity contribution in [3.63, 3.8) is 0 Å². The van der Waals surface area contributed by atoms with Gasteiger partial charge in [-0.3, -0.25) is 0 Å². The smallest absolute Gasteiger partial charge is 0.140 e. The number of aromatic nitrogens is 2. The Morgan fingerprint density at radius 3 is 3.04 bits per heavy atom. The lowest BCUT2D eigenvalue weighted by molar-refractivity contribution is 0.734. The largest absolute Gasteiger partial charge is 0.389 e. The first kappa shape index (κ1) is 14.2. The Morgan fingerprint density at radius 1 is 1.35 bits per heavy atom. The Bertz CT molecular complexity index is 959. The summed E-state index contributed by atoms with van der Waals surface area (Å²) >= 11 is 7.54. The van der Waals surface area contributed by atoms with E-state index in [-0.39, 0.29) is 0 Å². The van der Waals surface area contributed by atoms with E-state index in [0.29, 0.717) is 22.1 Å². The molecule has 0 amide bonds. The molecule has 3 aromatic rings. The molecule has 0 spiro atoms. The molecule has 0 fully saturated rings. The van der Waals surface area contributed by atoms with Gasteiger partial charge in [-0.15, -0.1) is 11.3 Å². The van der Waals surface area contributed by atoms with Gasteiger partial charge in [-0.2, -0.15) is 5.26 Å². The van der Waals surface area contributed by atoms with E-state index in [1.165, 1.54) is 11.3 Å². The fourth-order valence-corrected chi connectivity index (χ4v) is 4.25. The first-order valence-electron chi connectivity index (χ1n) is 7.12. The molecule has 0 atom stereocenters. The van der Waals surface area contributed by atoms with Gasteiger partial charge in [-0.1, -0.05) is 11.6 Å². The van der Waals surface area contributed by atoms with Crippen LogP contribution in [-0.4, -0.2) is 16.5 Å². The van der Waals surface area contributed by atoms with E-state index >= 15 is 0 Å². The second kappa shape index (κ2) is 5.37. The first-order valence-corrected chi connectivity index (χ1v) is 8.32. The predicted octanol–water partition coefficient (Wildman–Crippen LogP) is 3.36. The third kappa shape index (κ3) is 2.29. The molecule has 0 unspecified atom stereocenters. The summed E-state index contributed by atoms with van der Waals surface area (Å²) in [6.45, 7) is 1.51. The van der Waals surface area contributed by atoms with Crippen molar-refractivity contribution in [1.29, 1.82) is 5.26 Å². The Balaban J connectivity index is 1.77. The van der Waals surface area contributed by atoms with Crippen LogP contribution in [0.5, 0.6) is 0 Å². The van der Waals surface area contributed by atoms with Gasteiger partial charge in [0, 0.05) is 21.8 Å². The molecule has 4 rings (SSSR count). The van der Waals surface area contributed by atoms with Crippen molar-refractivity contribution in [2.75, 3.05) is 17.2 Å². The third-order valence-electron chi connectivity index (χ3n) is 4.07. The van der Waals surface area contributed by atoms with Crippen LogP contribution in [0.2, 0.25) is 5.02 Å². The van der Waals surface area contributed by atoms with Gasteiger partial charge < -0.3 is 10.6 Å². The van der Waals surface area contributed by atoms with E-state index in [0.717, 1.165) is 40.1 Å². The molecule has 2 aromatic heterocycles. The predicted molar refractivity (Wildman–Crippen MR) is 92.7 cm³/mol. The van der Waals surface area contributed by atoms with Crippen molar-refractivity contribution < 1.29 is 0 Å². The highest BCUT2D eigenvalue weighted by Gasteiger charge is 2.25. The summed E-state index contributed by atoms with van der Waals surface area (Å²) in [6, 6.07) is 7.86. The molecule has 1 aliphatic rings. The van der Waals surface area contributed by atoms with Gasteiger partial charge in [0.1, 0.15) is 23.2 Å². The normalized spacial score (nSPS) is 13.8. The van der Waals surface area contributed by atoms with Crippen molar-refractivity contribution in [1.82, 2.24) is 9.97 Å². The lowest BCUT2D eigenvalue weighted by Crippen LogP contribution is -2.30. The van der Waals surface area contributed by atoms with Gasteiger partial charge >= 0.3 is 0 Å². The summed E-state index contributed by atoms with van der Waals surface area (Å²) in [4.78, 5) is 12.1. The topological polar surface area (TPSA) is 78.8 Å². The van der Waals surface area contributed by atoms with Gasteiger partial charge in [0.2, 0.25) is 0 Å². The average Bonchev–Trinajstić information content (AvgIpc) is 2.88. The van der Waals surface area contributed by atoms with E-state index in [2.05, 4.69) is 20.9 Å². The van der Waals surface area contributed by atoms with Gasteiger partial charge in [0.25, 0.3) is 0 Å². The summed E-state index contributed by atoms with van der Waals surface area (Å²) in [7, 11) is 0. The minimum Gasteiger partial charge on any atom is -0.389 e. The van der Waals surface area contributed by atoms with Gasteiger partial charge in [-0.25, -0.2) is 9.97 Å². The Hall–Kier alpha value is -2.36. The molecule has 3 heterocycles. The molecule has 1 aliphatic heterocycles. The Morgan fingerprint density at radius 2 is 2.22 bits per heavy atom. The number of fused-ring (bicyclic) bond motifs is 2. The molecule has 0 aliphatic carbocycles. The highest BCUT2D eigenvalue weighted by Crippen LogP contribution is 2.37. The lowest BCUT2D eigenvalue weighted by atomic mass is 10.0. The maximum atomic E-state index is 9.24. The molecule has 114 valence electrons. The summed E-state index contributed by atoms with van der Waals surface area (Å²) in [5.41, 5.74) is 8.52. The van der Waals surface area contributed by atoms with Crippen LogP contribution in [0.4, 0.5) is 10.8 Å². The first-order chi connectivity index (χ1) is 11.2. The van der Waals surface area contributed by atoms with Crippen LogP contribution in [0, 0.1) is 11.3 Å². The van der Waals surface area contributed by atoms with Crippen LogP contribution < -0.4 is 10.6 Å². The van der Waals surface area contributed by atoms with Crippen LogP contribution >= 0.6 is 22.9 Å². The zero-order valence-electron chi connectivity index (χ0n) is 12.1. The molecule has 7 heteroatoms. The zero-order chi connectivity index (χ0) is 16.0. The average molecular weight is 342 g/mol. The monoisotopic (exact) mass is 341 g/mol. The zero-order valence-corrected chi connectivity index (χ0v) is 13.7. The maximum absolute atomic E-state index is 9.24. The summed E-state index contributed by atoms with van der Waals surface area (Å²) in [5, 5.41) is 11.5. The van der Waals surface area contributed by atoms with Crippen LogP contribution in [0.1, 0.15) is 16.0 Å². The number of halogens is 1. The fourth-order valence-electron chi connectivity index (χ4n) is 3.00. The lowest BCUT2D eigenvalue weighted by Gasteiger charge is -2.28. The summed E-state index contributed by atoms with van der Waals surface area (Å²) < 4.78 is 0. The van der Waals surface area contributed by atoms with E-state index in [4.69, 9.17) is 17.3 Å². The quantitative estimate of drug-likeness (QED) is 0.734. The van der Waals surface area contributed by atoms with Gasteiger partial charge in [-0.05, 0) is 30.2 Å². The van der Waals surface area contributed by atoms with Gasteiger partial charge in [0.05, 0.1) is 17.6 Å². The second-order valence-electron chi connectivity index (χ2n) is 5.39. The van der Waals surface area contributed by atoms with E-state index < -0.39 is 0 Å². The molecule has 5 nitrogen and oxygen atoms in total. The van der Waals surface area contributed by atoms with E-state index in [1.807, 2.05) is 18.2 Å². The molecule has 0 bridgehead atoms. The maximum Gasteiger partial charge on any atom is 0.140 e. The minimum absolute atomic E-state index is 0.610. The van der Waals surface area contributed by atoms with Crippen molar-refractivity contribution in [3.8, 4) is 6.07 Å². The molecule has 2 N–H and O–H groups in total. The van der Waals surface area contributed by atoms with Crippen molar-refractivity contribution in [2.24, 2.45) is 0 Å². The minimum atomic E-state index is 0.610. The number of nitriles is 1. The highest BCUT2D eigenvalue weighted by molar-refractivity contribution is 7.16. The van der Waals surface area contributed by atoms with Crippen molar-refractivity contribution >= 4 is 44.7 Å². The third-order valence-corrected chi connectivity index (χ3v) is 5.35. The summed E-state index contributed by atoms with van der Waals surface area (Å²) in [6.07, 6.45) is 2.36. The SMILES string of the molecule is N#Cc1c(N)sc2c1CCN(c1ncnc3cc(Cl)ccc13)C2. The molecule has 1 aromatic carbocycles. The van der Waals surface area contributed by atoms with Crippen molar-refractivity contribution in [2.45, 2.75) is 13.0 Å². The van der Waals surface area contributed by atoms with E-state index in [1.54, 1.807) is 6.33 Å². The molecule has 0 saturated heterocycles. The number of thiophene rings is 1. The number of nitrogens with two attached hydrogens (primary N) is 1.